The van der Waals surface area contributed by atoms with Crippen molar-refractivity contribution in [1.82, 2.24) is 10.2 Å². The molecule has 0 radical (unpaired) electrons. The first kappa shape index (κ1) is 14.4. The molecule has 1 aromatic heterocycles. The van der Waals surface area contributed by atoms with Gasteiger partial charge >= 0.3 is 0 Å². The topological polar surface area (TPSA) is 45.5 Å². The number of likely N-dealkylation sites (tertiary alicyclic amines) is 1. The van der Waals surface area contributed by atoms with Crippen LogP contribution in [0.15, 0.2) is 16.7 Å². The quantitative estimate of drug-likeness (QED) is 0.860. The lowest BCUT2D eigenvalue weighted by Crippen LogP contribution is -2.39. The molecule has 2 fully saturated rings. The summed E-state index contributed by atoms with van der Waals surface area (Å²) in [5.41, 5.74) is 1.10. The van der Waals surface area contributed by atoms with Gasteiger partial charge in [0.1, 0.15) is 5.76 Å². The lowest BCUT2D eigenvalue weighted by molar-refractivity contribution is 0.0760. The first-order chi connectivity index (χ1) is 8.70. The number of hydrogen-bond acceptors (Lipinski definition) is 3. The van der Waals surface area contributed by atoms with E-state index in [1.807, 2.05) is 11.8 Å². The molecule has 3 rings (SSSR count). The molecule has 0 aromatic carbocycles. The van der Waals surface area contributed by atoms with Crippen molar-refractivity contribution < 1.29 is 9.21 Å². The fraction of sp³-hybridized carbons (Fsp3) is 0.643. The van der Waals surface area contributed by atoms with Gasteiger partial charge in [0.25, 0.3) is 5.91 Å². The van der Waals surface area contributed by atoms with Crippen LogP contribution in [0.25, 0.3) is 0 Å². The number of rotatable bonds is 1. The zero-order valence-electron chi connectivity index (χ0n) is 11.3. The normalized spacial score (nSPS) is 21.4. The average molecular weight is 285 g/mol. The summed E-state index contributed by atoms with van der Waals surface area (Å²) in [6.07, 6.45) is 5.14. The molecule has 1 aromatic rings. The fourth-order valence-corrected chi connectivity index (χ4v) is 3.25. The molecular weight excluding hydrogens is 264 g/mol. The Labute approximate surface area is 119 Å². The molecular formula is C14H21ClN2O2. The van der Waals surface area contributed by atoms with Gasteiger partial charge in [-0.3, -0.25) is 4.79 Å². The van der Waals surface area contributed by atoms with Crippen LogP contribution in [-0.2, 0) is 0 Å². The van der Waals surface area contributed by atoms with Crippen molar-refractivity contribution in [3.63, 3.8) is 0 Å². The Morgan fingerprint density at radius 2 is 2.11 bits per heavy atom. The van der Waals surface area contributed by atoms with E-state index in [4.69, 9.17) is 4.42 Å². The Morgan fingerprint density at radius 3 is 2.74 bits per heavy atom. The van der Waals surface area contributed by atoms with Crippen LogP contribution in [0.1, 0.15) is 35.4 Å². The van der Waals surface area contributed by atoms with E-state index in [1.165, 1.54) is 12.8 Å². The maximum atomic E-state index is 12.4. The third-order valence-electron chi connectivity index (χ3n) is 4.48. The lowest BCUT2D eigenvalue weighted by Gasteiger charge is -2.33. The van der Waals surface area contributed by atoms with Gasteiger partial charge in [0, 0.05) is 13.1 Å². The van der Waals surface area contributed by atoms with E-state index < -0.39 is 0 Å². The summed E-state index contributed by atoms with van der Waals surface area (Å²) in [4.78, 5) is 14.4. The van der Waals surface area contributed by atoms with Gasteiger partial charge in [-0.2, -0.15) is 0 Å². The van der Waals surface area contributed by atoms with Crippen LogP contribution in [0.2, 0.25) is 0 Å². The van der Waals surface area contributed by atoms with Crippen molar-refractivity contribution in [2.24, 2.45) is 5.41 Å². The van der Waals surface area contributed by atoms with E-state index in [9.17, 15) is 4.79 Å². The van der Waals surface area contributed by atoms with E-state index in [1.54, 1.807) is 12.3 Å². The summed E-state index contributed by atoms with van der Waals surface area (Å²) in [6, 6.07) is 1.78. The third-order valence-corrected chi connectivity index (χ3v) is 4.48. The summed E-state index contributed by atoms with van der Waals surface area (Å²) in [6.45, 7) is 5.84. The minimum Gasteiger partial charge on any atom is -0.469 e. The molecule has 106 valence electrons. The second-order valence-corrected chi connectivity index (χ2v) is 5.62. The van der Waals surface area contributed by atoms with E-state index >= 15 is 0 Å². The number of furan rings is 1. The van der Waals surface area contributed by atoms with Gasteiger partial charge in [-0.15, -0.1) is 12.4 Å². The molecule has 0 aliphatic carbocycles. The van der Waals surface area contributed by atoms with Gasteiger partial charge in [-0.05, 0) is 50.8 Å². The molecule has 0 unspecified atom stereocenters. The van der Waals surface area contributed by atoms with Gasteiger partial charge in [-0.1, -0.05) is 0 Å². The maximum absolute atomic E-state index is 12.4. The predicted octanol–water partition coefficient (Wildman–Crippen LogP) is 2.23. The Balaban J connectivity index is 0.00000133. The van der Waals surface area contributed by atoms with Crippen molar-refractivity contribution in [2.75, 3.05) is 26.2 Å². The first-order valence-corrected chi connectivity index (χ1v) is 6.74. The third kappa shape index (κ3) is 2.65. The van der Waals surface area contributed by atoms with Crippen molar-refractivity contribution in [1.29, 1.82) is 0 Å². The number of halogens is 1. The smallest absolute Gasteiger partial charge is 0.257 e. The minimum absolute atomic E-state index is 0. The van der Waals surface area contributed by atoms with Crippen molar-refractivity contribution in [3.05, 3.63) is 23.7 Å². The standard InChI is InChI=1S/C14H20N2O2.ClH/c1-11-12(2-9-18-11)13(17)16-8-5-14(10-16)3-6-15-7-4-14;/h2,9,15H,3-8,10H2,1H3;1H. The Morgan fingerprint density at radius 1 is 1.37 bits per heavy atom. The van der Waals surface area contributed by atoms with Crippen LogP contribution in [-0.4, -0.2) is 37.0 Å². The second-order valence-electron chi connectivity index (χ2n) is 5.62. The summed E-state index contributed by atoms with van der Waals surface area (Å²) in [5.74, 6) is 0.864. The predicted molar refractivity (Wildman–Crippen MR) is 75.8 cm³/mol. The summed E-state index contributed by atoms with van der Waals surface area (Å²) >= 11 is 0. The second kappa shape index (κ2) is 5.55. The number of nitrogens with one attached hydrogen (secondary N) is 1. The van der Waals surface area contributed by atoms with Gasteiger partial charge < -0.3 is 14.6 Å². The zero-order chi connectivity index (χ0) is 12.6. The molecule has 2 aliphatic rings. The molecule has 1 N–H and O–H groups in total. The number of aryl methyl sites for hydroxylation is 1. The van der Waals surface area contributed by atoms with Gasteiger partial charge in [0.05, 0.1) is 11.8 Å². The monoisotopic (exact) mass is 284 g/mol. The lowest BCUT2D eigenvalue weighted by atomic mass is 9.78. The van der Waals surface area contributed by atoms with Crippen molar-refractivity contribution in [3.8, 4) is 0 Å². The molecule has 1 spiro atoms. The highest BCUT2D eigenvalue weighted by Gasteiger charge is 2.40. The van der Waals surface area contributed by atoms with Crippen LogP contribution < -0.4 is 5.32 Å². The summed E-state index contributed by atoms with van der Waals surface area (Å²) in [5, 5.41) is 3.40. The summed E-state index contributed by atoms with van der Waals surface area (Å²) in [7, 11) is 0. The number of amides is 1. The Hall–Kier alpha value is -1.00. The Bertz CT molecular complexity index is 452. The van der Waals surface area contributed by atoms with E-state index in [0.717, 1.165) is 43.9 Å². The van der Waals surface area contributed by atoms with E-state index in [-0.39, 0.29) is 18.3 Å². The molecule has 0 saturated carbocycles. The molecule has 0 atom stereocenters. The maximum Gasteiger partial charge on any atom is 0.257 e. The van der Waals surface area contributed by atoms with E-state index in [0.29, 0.717) is 5.41 Å². The zero-order valence-corrected chi connectivity index (χ0v) is 12.1. The highest BCUT2D eigenvalue weighted by Crippen LogP contribution is 2.39. The van der Waals surface area contributed by atoms with Crippen LogP contribution in [0, 0.1) is 12.3 Å². The van der Waals surface area contributed by atoms with Crippen LogP contribution in [0.3, 0.4) is 0 Å². The van der Waals surface area contributed by atoms with Crippen LogP contribution in [0.5, 0.6) is 0 Å². The summed E-state index contributed by atoms with van der Waals surface area (Å²) < 4.78 is 5.22. The van der Waals surface area contributed by atoms with Crippen molar-refractivity contribution >= 4 is 18.3 Å². The minimum atomic E-state index is 0. The fourth-order valence-electron chi connectivity index (χ4n) is 3.25. The van der Waals surface area contributed by atoms with E-state index in [2.05, 4.69) is 5.32 Å². The Kier molecular flexibility index (Phi) is 4.21. The van der Waals surface area contributed by atoms with Gasteiger partial charge in [0.15, 0.2) is 0 Å². The number of nitrogens with zero attached hydrogens (tertiary/aromatic N) is 1. The number of carbonyl (C=O) groups excluding carboxylic acids is 1. The van der Waals surface area contributed by atoms with Crippen LogP contribution in [0.4, 0.5) is 0 Å². The number of piperidine rings is 1. The molecule has 1 amide bonds. The van der Waals surface area contributed by atoms with Crippen molar-refractivity contribution in [2.45, 2.75) is 26.2 Å². The average Bonchev–Trinajstić information content (AvgIpc) is 2.97. The highest BCUT2D eigenvalue weighted by molar-refractivity contribution is 5.95. The molecule has 5 heteroatoms. The number of hydrogen-bond donors (Lipinski definition) is 1. The van der Waals surface area contributed by atoms with Crippen LogP contribution >= 0.6 is 12.4 Å². The SMILES string of the molecule is Cc1occc1C(=O)N1CCC2(CCNCC2)C1.Cl. The molecule has 3 heterocycles. The highest BCUT2D eigenvalue weighted by atomic mass is 35.5. The molecule has 19 heavy (non-hydrogen) atoms. The molecule has 0 bridgehead atoms. The number of carbonyl (C=O) groups is 1. The molecule has 4 nitrogen and oxygen atoms in total. The van der Waals surface area contributed by atoms with Gasteiger partial charge in [-0.25, -0.2) is 0 Å². The first-order valence-electron chi connectivity index (χ1n) is 6.74. The molecule has 2 saturated heterocycles. The van der Waals surface area contributed by atoms with Gasteiger partial charge in [0.2, 0.25) is 0 Å². The largest absolute Gasteiger partial charge is 0.469 e. The molecule has 2 aliphatic heterocycles.